The molecule has 4 heteroatoms. The number of hydrogen-bond donors (Lipinski definition) is 0. The monoisotopic (exact) mass is 193 g/mol. The first-order chi connectivity index (χ1) is 6.33. The van der Waals surface area contributed by atoms with Crippen molar-refractivity contribution < 1.29 is 0 Å². The SMILES string of the molecule is CCSc1ccnc2c1ncn2C. The second-order valence-electron chi connectivity index (χ2n) is 2.77. The summed E-state index contributed by atoms with van der Waals surface area (Å²) in [5.74, 6) is 1.07. The molecule has 0 N–H and O–H groups in total. The molecule has 2 aromatic heterocycles. The fourth-order valence-electron chi connectivity index (χ4n) is 1.28. The van der Waals surface area contributed by atoms with Crippen LogP contribution in [0.15, 0.2) is 23.5 Å². The number of imidazole rings is 1. The van der Waals surface area contributed by atoms with Crippen LogP contribution in [0.1, 0.15) is 6.92 Å². The van der Waals surface area contributed by atoms with Crippen molar-refractivity contribution in [2.24, 2.45) is 7.05 Å². The second-order valence-corrected chi connectivity index (χ2v) is 4.08. The van der Waals surface area contributed by atoms with E-state index in [1.165, 1.54) is 4.90 Å². The van der Waals surface area contributed by atoms with E-state index >= 15 is 0 Å². The number of aromatic nitrogens is 3. The zero-order chi connectivity index (χ0) is 9.26. The van der Waals surface area contributed by atoms with E-state index in [0.29, 0.717) is 0 Å². The molecule has 68 valence electrons. The van der Waals surface area contributed by atoms with E-state index in [1.54, 1.807) is 18.1 Å². The van der Waals surface area contributed by atoms with E-state index in [1.807, 2.05) is 23.9 Å². The third-order valence-corrected chi connectivity index (χ3v) is 2.79. The highest BCUT2D eigenvalue weighted by Gasteiger charge is 2.05. The fourth-order valence-corrected chi connectivity index (χ4v) is 2.03. The Balaban J connectivity index is 2.63. The van der Waals surface area contributed by atoms with E-state index in [4.69, 9.17) is 0 Å². The summed E-state index contributed by atoms with van der Waals surface area (Å²) >= 11 is 1.80. The topological polar surface area (TPSA) is 30.7 Å². The molecule has 0 aliphatic carbocycles. The van der Waals surface area contributed by atoms with Crippen molar-refractivity contribution in [2.45, 2.75) is 11.8 Å². The van der Waals surface area contributed by atoms with Gasteiger partial charge in [-0.15, -0.1) is 11.8 Å². The lowest BCUT2D eigenvalue weighted by Crippen LogP contribution is -1.87. The summed E-state index contributed by atoms with van der Waals surface area (Å²) in [6, 6.07) is 2.02. The van der Waals surface area contributed by atoms with Gasteiger partial charge in [0.05, 0.1) is 6.33 Å². The van der Waals surface area contributed by atoms with Crippen LogP contribution in [0.5, 0.6) is 0 Å². The zero-order valence-electron chi connectivity index (χ0n) is 7.69. The third kappa shape index (κ3) is 1.42. The van der Waals surface area contributed by atoms with Gasteiger partial charge < -0.3 is 4.57 Å². The minimum atomic E-state index is 0.957. The van der Waals surface area contributed by atoms with Crippen LogP contribution in [-0.4, -0.2) is 20.3 Å². The molecule has 0 spiro atoms. The van der Waals surface area contributed by atoms with Crippen molar-refractivity contribution >= 4 is 22.9 Å². The molecule has 0 aromatic carbocycles. The maximum atomic E-state index is 4.32. The van der Waals surface area contributed by atoms with Crippen molar-refractivity contribution in [2.75, 3.05) is 5.75 Å². The number of thioether (sulfide) groups is 1. The lowest BCUT2D eigenvalue weighted by atomic mass is 10.4. The van der Waals surface area contributed by atoms with Gasteiger partial charge in [-0.3, -0.25) is 0 Å². The Bertz CT molecular complexity index is 422. The predicted octanol–water partition coefficient (Wildman–Crippen LogP) is 2.08. The molecule has 2 heterocycles. The lowest BCUT2D eigenvalue weighted by molar-refractivity contribution is 0.930. The first-order valence-electron chi connectivity index (χ1n) is 4.21. The van der Waals surface area contributed by atoms with Gasteiger partial charge in [-0.25, -0.2) is 9.97 Å². The molecular formula is C9H11N3S. The number of hydrogen-bond acceptors (Lipinski definition) is 3. The Morgan fingerprint density at radius 1 is 1.46 bits per heavy atom. The Kier molecular flexibility index (Phi) is 2.22. The Hall–Kier alpha value is -1.03. The van der Waals surface area contributed by atoms with E-state index in [0.717, 1.165) is 16.9 Å². The Labute approximate surface area is 81.2 Å². The van der Waals surface area contributed by atoms with Gasteiger partial charge in [0.2, 0.25) is 0 Å². The summed E-state index contributed by atoms with van der Waals surface area (Å²) in [5.41, 5.74) is 1.97. The van der Waals surface area contributed by atoms with Crippen molar-refractivity contribution in [3.05, 3.63) is 18.6 Å². The summed E-state index contributed by atoms with van der Waals surface area (Å²) in [5, 5.41) is 0. The number of fused-ring (bicyclic) bond motifs is 1. The van der Waals surface area contributed by atoms with Gasteiger partial charge in [0.15, 0.2) is 5.65 Å². The normalized spacial score (nSPS) is 10.9. The Morgan fingerprint density at radius 3 is 3.08 bits per heavy atom. The van der Waals surface area contributed by atoms with Crippen LogP contribution >= 0.6 is 11.8 Å². The average Bonchev–Trinajstić information content (AvgIpc) is 2.50. The standard InChI is InChI=1S/C9H11N3S/c1-3-13-7-4-5-10-9-8(7)11-6-12(9)2/h4-6H,3H2,1-2H3. The maximum absolute atomic E-state index is 4.32. The third-order valence-electron chi connectivity index (χ3n) is 1.86. The van der Waals surface area contributed by atoms with Crippen LogP contribution < -0.4 is 0 Å². The van der Waals surface area contributed by atoms with Crippen LogP contribution in [0.3, 0.4) is 0 Å². The molecule has 2 aromatic rings. The molecule has 0 amide bonds. The molecule has 0 aliphatic rings. The van der Waals surface area contributed by atoms with E-state index in [9.17, 15) is 0 Å². The van der Waals surface area contributed by atoms with E-state index < -0.39 is 0 Å². The van der Waals surface area contributed by atoms with Crippen LogP contribution in [0.4, 0.5) is 0 Å². The lowest BCUT2D eigenvalue weighted by Gasteiger charge is -1.98. The van der Waals surface area contributed by atoms with Crippen molar-refractivity contribution in [3.8, 4) is 0 Å². The molecule has 0 unspecified atom stereocenters. The number of aryl methyl sites for hydroxylation is 1. The molecule has 3 nitrogen and oxygen atoms in total. The first kappa shape index (κ1) is 8.56. The molecule has 2 rings (SSSR count). The van der Waals surface area contributed by atoms with E-state index in [2.05, 4.69) is 16.9 Å². The van der Waals surface area contributed by atoms with Crippen LogP contribution in [0.2, 0.25) is 0 Å². The first-order valence-corrected chi connectivity index (χ1v) is 5.20. The van der Waals surface area contributed by atoms with Gasteiger partial charge in [0, 0.05) is 18.1 Å². The van der Waals surface area contributed by atoms with Crippen molar-refractivity contribution in [1.29, 1.82) is 0 Å². The molecule has 0 fully saturated rings. The van der Waals surface area contributed by atoms with Gasteiger partial charge in [-0.2, -0.15) is 0 Å². The molecule has 0 atom stereocenters. The summed E-state index contributed by atoms with van der Waals surface area (Å²) in [6.45, 7) is 2.14. The summed E-state index contributed by atoms with van der Waals surface area (Å²) in [7, 11) is 1.96. The predicted molar refractivity (Wildman–Crippen MR) is 54.9 cm³/mol. The van der Waals surface area contributed by atoms with Crippen molar-refractivity contribution in [3.63, 3.8) is 0 Å². The minimum absolute atomic E-state index is 0.957. The molecule has 0 saturated carbocycles. The second kappa shape index (κ2) is 3.38. The molecular weight excluding hydrogens is 182 g/mol. The van der Waals surface area contributed by atoms with Gasteiger partial charge in [0.1, 0.15) is 5.52 Å². The van der Waals surface area contributed by atoms with Gasteiger partial charge in [-0.1, -0.05) is 6.92 Å². The highest BCUT2D eigenvalue weighted by Crippen LogP contribution is 2.24. The number of nitrogens with zero attached hydrogens (tertiary/aromatic N) is 3. The number of rotatable bonds is 2. The highest BCUT2D eigenvalue weighted by atomic mass is 32.2. The largest absolute Gasteiger partial charge is 0.318 e. The van der Waals surface area contributed by atoms with E-state index in [-0.39, 0.29) is 0 Å². The average molecular weight is 193 g/mol. The molecule has 13 heavy (non-hydrogen) atoms. The maximum Gasteiger partial charge on any atom is 0.160 e. The zero-order valence-corrected chi connectivity index (χ0v) is 8.51. The summed E-state index contributed by atoms with van der Waals surface area (Å²) in [4.78, 5) is 9.80. The smallest absolute Gasteiger partial charge is 0.160 e. The Morgan fingerprint density at radius 2 is 2.31 bits per heavy atom. The molecule has 0 aliphatic heterocycles. The van der Waals surface area contributed by atoms with Gasteiger partial charge >= 0.3 is 0 Å². The summed E-state index contributed by atoms with van der Waals surface area (Å²) < 4.78 is 1.94. The summed E-state index contributed by atoms with van der Waals surface area (Å²) in [6.07, 6.45) is 3.64. The quantitative estimate of drug-likeness (QED) is 0.684. The van der Waals surface area contributed by atoms with Crippen LogP contribution in [0.25, 0.3) is 11.2 Å². The fraction of sp³-hybridized carbons (Fsp3) is 0.333. The van der Waals surface area contributed by atoms with Gasteiger partial charge in [0.25, 0.3) is 0 Å². The molecule has 0 bridgehead atoms. The van der Waals surface area contributed by atoms with Crippen molar-refractivity contribution in [1.82, 2.24) is 14.5 Å². The highest BCUT2D eigenvalue weighted by molar-refractivity contribution is 7.99. The molecule has 0 radical (unpaired) electrons. The van der Waals surface area contributed by atoms with Gasteiger partial charge in [-0.05, 0) is 11.8 Å². The molecule has 0 saturated heterocycles. The van der Waals surface area contributed by atoms with Crippen LogP contribution in [-0.2, 0) is 7.05 Å². The minimum Gasteiger partial charge on any atom is -0.318 e. The number of pyridine rings is 1. The van der Waals surface area contributed by atoms with Crippen LogP contribution in [0, 0.1) is 0 Å².